The van der Waals surface area contributed by atoms with Crippen LogP contribution in [0.5, 0.6) is 0 Å². The molecule has 0 spiro atoms. The quantitative estimate of drug-likeness (QED) is 0.797. The van der Waals surface area contributed by atoms with Crippen molar-refractivity contribution in [2.45, 2.75) is 6.42 Å². The molecule has 17 heavy (non-hydrogen) atoms. The summed E-state index contributed by atoms with van der Waals surface area (Å²) in [6.45, 7) is 0.509. The number of imidazole rings is 1. The molecule has 90 valence electrons. The van der Waals surface area contributed by atoms with Crippen molar-refractivity contribution in [2.24, 2.45) is 0 Å². The fraction of sp³-hybridized carbons (Fsp3) is 0.200. The molecule has 2 heterocycles. The van der Waals surface area contributed by atoms with Gasteiger partial charge in [-0.25, -0.2) is 4.98 Å². The molecule has 0 aliphatic carbocycles. The number of hydrogen-bond donors (Lipinski definition) is 3. The van der Waals surface area contributed by atoms with Crippen LogP contribution in [0.1, 0.15) is 16.2 Å². The Morgan fingerprint density at radius 3 is 2.88 bits per heavy atom. The highest BCUT2D eigenvalue weighted by Crippen LogP contribution is 2.21. The standard InChI is InChI=1S/C10H10Cl2N4O/c11-7-3-8(16-9(7)12)10(17)14-2-1-6-4-13-5-15-6/h3-5,16H,1-2H2,(H,13,15)(H,14,17). The van der Waals surface area contributed by atoms with Crippen LogP contribution in [-0.2, 0) is 6.42 Å². The number of hydrogen-bond acceptors (Lipinski definition) is 2. The van der Waals surface area contributed by atoms with Crippen LogP contribution in [0.4, 0.5) is 0 Å². The van der Waals surface area contributed by atoms with Gasteiger partial charge >= 0.3 is 0 Å². The monoisotopic (exact) mass is 272 g/mol. The van der Waals surface area contributed by atoms with Gasteiger partial charge in [0.1, 0.15) is 10.8 Å². The lowest BCUT2D eigenvalue weighted by atomic mass is 10.3. The maximum Gasteiger partial charge on any atom is 0.267 e. The van der Waals surface area contributed by atoms with Gasteiger partial charge in [0, 0.05) is 24.9 Å². The van der Waals surface area contributed by atoms with Gasteiger partial charge in [-0.05, 0) is 6.07 Å². The number of carbonyl (C=O) groups excluding carboxylic acids is 1. The number of carbonyl (C=O) groups is 1. The Bertz CT molecular complexity index is 487. The van der Waals surface area contributed by atoms with E-state index in [1.54, 1.807) is 12.5 Å². The van der Waals surface area contributed by atoms with E-state index in [2.05, 4.69) is 20.3 Å². The second kappa shape index (κ2) is 5.25. The summed E-state index contributed by atoms with van der Waals surface area (Å²) in [4.78, 5) is 21.2. The topological polar surface area (TPSA) is 73.6 Å². The zero-order chi connectivity index (χ0) is 12.3. The molecule has 0 saturated heterocycles. The number of aromatic nitrogens is 3. The second-order valence-electron chi connectivity index (χ2n) is 3.43. The summed E-state index contributed by atoms with van der Waals surface area (Å²) in [6.07, 6.45) is 4.00. The summed E-state index contributed by atoms with van der Waals surface area (Å²) < 4.78 is 0. The van der Waals surface area contributed by atoms with Gasteiger partial charge < -0.3 is 15.3 Å². The fourth-order valence-electron chi connectivity index (χ4n) is 1.35. The Morgan fingerprint density at radius 2 is 2.29 bits per heavy atom. The number of aromatic amines is 2. The van der Waals surface area contributed by atoms with Crippen LogP contribution in [-0.4, -0.2) is 27.4 Å². The minimum atomic E-state index is -0.238. The van der Waals surface area contributed by atoms with E-state index < -0.39 is 0 Å². The lowest BCUT2D eigenvalue weighted by Crippen LogP contribution is -2.26. The van der Waals surface area contributed by atoms with Gasteiger partial charge in [0.25, 0.3) is 5.91 Å². The van der Waals surface area contributed by atoms with Crippen molar-refractivity contribution >= 4 is 29.1 Å². The van der Waals surface area contributed by atoms with Crippen molar-refractivity contribution in [2.75, 3.05) is 6.54 Å². The van der Waals surface area contributed by atoms with Crippen LogP contribution in [0.25, 0.3) is 0 Å². The first kappa shape index (κ1) is 12.0. The molecule has 0 saturated carbocycles. The lowest BCUT2D eigenvalue weighted by Gasteiger charge is -2.01. The van der Waals surface area contributed by atoms with Gasteiger partial charge in [-0.2, -0.15) is 0 Å². The van der Waals surface area contributed by atoms with Crippen molar-refractivity contribution in [1.82, 2.24) is 20.3 Å². The van der Waals surface area contributed by atoms with E-state index in [1.165, 1.54) is 6.07 Å². The number of amides is 1. The summed E-state index contributed by atoms with van der Waals surface area (Å²) >= 11 is 11.4. The van der Waals surface area contributed by atoms with E-state index in [0.29, 0.717) is 23.7 Å². The Kier molecular flexibility index (Phi) is 3.71. The van der Waals surface area contributed by atoms with E-state index in [-0.39, 0.29) is 11.1 Å². The highest BCUT2D eigenvalue weighted by Gasteiger charge is 2.10. The molecule has 2 aromatic heterocycles. The van der Waals surface area contributed by atoms with Gasteiger partial charge in [-0.1, -0.05) is 23.2 Å². The maximum absolute atomic E-state index is 11.7. The Balaban J connectivity index is 1.85. The predicted molar refractivity (Wildman–Crippen MR) is 65.4 cm³/mol. The van der Waals surface area contributed by atoms with Crippen molar-refractivity contribution in [3.05, 3.63) is 40.2 Å². The number of H-pyrrole nitrogens is 2. The highest BCUT2D eigenvalue weighted by atomic mass is 35.5. The molecular formula is C10H10Cl2N4O. The third-order valence-electron chi connectivity index (χ3n) is 2.20. The summed E-state index contributed by atoms with van der Waals surface area (Å²) in [5, 5.41) is 3.35. The van der Waals surface area contributed by atoms with E-state index in [4.69, 9.17) is 23.2 Å². The maximum atomic E-state index is 11.7. The van der Waals surface area contributed by atoms with Crippen molar-refractivity contribution in [3.8, 4) is 0 Å². The Morgan fingerprint density at radius 1 is 1.47 bits per heavy atom. The number of nitrogens with zero attached hydrogens (tertiary/aromatic N) is 1. The molecule has 7 heteroatoms. The minimum absolute atomic E-state index is 0.238. The molecule has 0 fully saturated rings. The summed E-state index contributed by atoms with van der Waals surface area (Å²) in [6, 6.07) is 1.50. The first-order chi connectivity index (χ1) is 8.16. The Hall–Kier alpha value is -1.46. The highest BCUT2D eigenvalue weighted by molar-refractivity contribution is 6.41. The summed E-state index contributed by atoms with van der Waals surface area (Å²) in [7, 11) is 0. The van der Waals surface area contributed by atoms with Crippen LogP contribution in [0.2, 0.25) is 10.2 Å². The van der Waals surface area contributed by atoms with Gasteiger partial charge in [-0.15, -0.1) is 0 Å². The molecule has 2 aromatic rings. The normalized spacial score (nSPS) is 10.5. The largest absolute Gasteiger partial charge is 0.350 e. The molecule has 0 atom stereocenters. The van der Waals surface area contributed by atoms with Crippen LogP contribution < -0.4 is 5.32 Å². The number of nitrogens with one attached hydrogen (secondary N) is 3. The average Bonchev–Trinajstić information content (AvgIpc) is 2.90. The predicted octanol–water partition coefficient (Wildman–Crippen LogP) is 2.02. The van der Waals surface area contributed by atoms with Crippen molar-refractivity contribution in [3.63, 3.8) is 0 Å². The first-order valence-corrected chi connectivity index (χ1v) is 5.72. The van der Waals surface area contributed by atoms with Crippen LogP contribution >= 0.6 is 23.2 Å². The molecule has 0 aromatic carbocycles. The average molecular weight is 273 g/mol. The summed E-state index contributed by atoms with van der Waals surface area (Å²) in [5.74, 6) is -0.238. The van der Waals surface area contributed by atoms with Crippen molar-refractivity contribution in [1.29, 1.82) is 0 Å². The molecule has 2 rings (SSSR count). The van der Waals surface area contributed by atoms with E-state index >= 15 is 0 Å². The summed E-state index contributed by atoms with van der Waals surface area (Å²) in [5.41, 5.74) is 1.32. The molecule has 0 bridgehead atoms. The number of rotatable bonds is 4. The Labute approximate surface area is 108 Å². The first-order valence-electron chi connectivity index (χ1n) is 4.96. The lowest BCUT2D eigenvalue weighted by molar-refractivity contribution is 0.0949. The smallest absolute Gasteiger partial charge is 0.267 e. The molecule has 0 radical (unpaired) electrons. The second-order valence-corrected chi connectivity index (χ2v) is 4.21. The van der Waals surface area contributed by atoms with E-state index in [0.717, 1.165) is 5.69 Å². The van der Waals surface area contributed by atoms with E-state index in [9.17, 15) is 4.79 Å². The third kappa shape index (κ3) is 3.01. The van der Waals surface area contributed by atoms with Crippen molar-refractivity contribution < 1.29 is 4.79 Å². The molecule has 1 amide bonds. The SMILES string of the molecule is O=C(NCCc1cnc[nH]1)c1cc(Cl)c(Cl)[nH]1. The zero-order valence-electron chi connectivity index (χ0n) is 8.76. The van der Waals surface area contributed by atoms with Crippen LogP contribution in [0.3, 0.4) is 0 Å². The molecule has 0 unspecified atom stereocenters. The third-order valence-corrected chi connectivity index (χ3v) is 2.90. The van der Waals surface area contributed by atoms with Crippen LogP contribution in [0, 0.1) is 0 Å². The molecule has 3 N–H and O–H groups in total. The fourth-order valence-corrected chi connectivity index (χ4v) is 1.67. The molecule has 0 aliphatic rings. The minimum Gasteiger partial charge on any atom is -0.350 e. The number of halogens is 2. The molecule has 0 aliphatic heterocycles. The van der Waals surface area contributed by atoms with E-state index in [1.807, 2.05) is 0 Å². The van der Waals surface area contributed by atoms with Gasteiger partial charge in [0.15, 0.2) is 0 Å². The molecule has 5 nitrogen and oxygen atoms in total. The zero-order valence-corrected chi connectivity index (χ0v) is 10.3. The van der Waals surface area contributed by atoms with Gasteiger partial charge in [0.05, 0.1) is 11.3 Å². The van der Waals surface area contributed by atoms with Gasteiger partial charge in [-0.3, -0.25) is 4.79 Å². The van der Waals surface area contributed by atoms with Gasteiger partial charge in [0.2, 0.25) is 0 Å². The molecular weight excluding hydrogens is 263 g/mol. The van der Waals surface area contributed by atoms with Crippen LogP contribution in [0.15, 0.2) is 18.6 Å².